The fourth-order valence-electron chi connectivity index (χ4n) is 0.776. The van der Waals surface area contributed by atoms with E-state index in [0.717, 1.165) is 0 Å². The molecule has 16 heavy (non-hydrogen) atoms. The summed E-state index contributed by atoms with van der Waals surface area (Å²) in [6, 6.07) is 0. The summed E-state index contributed by atoms with van der Waals surface area (Å²) in [6.07, 6.45) is -0.715. The van der Waals surface area contributed by atoms with Gasteiger partial charge in [0.25, 0.3) is 0 Å². The summed E-state index contributed by atoms with van der Waals surface area (Å²) in [6.45, 7) is 5.41. The van der Waals surface area contributed by atoms with Gasteiger partial charge in [0.15, 0.2) is 0 Å². The summed E-state index contributed by atoms with van der Waals surface area (Å²) in [4.78, 5) is 11.2. The van der Waals surface area contributed by atoms with E-state index in [2.05, 4.69) is 25.4 Å². The maximum Gasteiger partial charge on any atom is 0.422 e. The van der Waals surface area contributed by atoms with Crippen molar-refractivity contribution < 1.29 is 17.9 Å². The summed E-state index contributed by atoms with van der Waals surface area (Å²) in [7, 11) is -3.82. The van der Waals surface area contributed by atoms with Gasteiger partial charge in [-0.1, -0.05) is 22.9 Å². The number of carbonyl (C=O) groups is 1. The van der Waals surface area contributed by atoms with Crippen LogP contribution in [0.15, 0.2) is 0 Å². The fourth-order valence-corrected chi connectivity index (χ4v) is 1.73. The minimum atomic E-state index is -3.82. The van der Waals surface area contributed by atoms with E-state index in [9.17, 15) is 13.2 Å². The lowest BCUT2D eigenvalue weighted by molar-refractivity contribution is 0.121. The largest absolute Gasteiger partial charge is 0.446 e. The second-order valence-electron chi connectivity index (χ2n) is 3.52. The van der Waals surface area contributed by atoms with Crippen molar-refractivity contribution in [3.05, 3.63) is 0 Å². The van der Waals surface area contributed by atoms with Crippen LogP contribution in [-0.2, 0) is 14.9 Å². The molecule has 0 fully saturated rings. The molecule has 0 aromatic rings. The van der Waals surface area contributed by atoms with Crippen LogP contribution in [0.5, 0.6) is 0 Å². The lowest BCUT2D eigenvalue weighted by atomic mass is 10.3. The predicted octanol–water partition coefficient (Wildman–Crippen LogP) is 1.13. The average molecular weight is 317 g/mol. The number of carbonyl (C=O) groups excluding carboxylic acids is 1. The molecule has 1 unspecified atom stereocenters. The average Bonchev–Trinajstić information content (AvgIpc) is 1.98. The van der Waals surface area contributed by atoms with E-state index in [1.54, 1.807) is 18.6 Å². The molecule has 0 spiro atoms. The van der Waals surface area contributed by atoms with Gasteiger partial charge >= 0.3 is 16.3 Å². The van der Waals surface area contributed by atoms with Gasteiger partial charge in [0.1, 0.15) is 0 Å². The van der Waals surface area contributed by atoms with Gasteiger partial charge in [-0.15, -0.1) is 0 Å². The Morgan fingerprint density at radius 2 is 1.94 bits per heavy atom. The van der Waals surface area contributed by atoms with Crippen LogP contribution >= 0.6 is 15.9 Å². The Morgan fingerprint density at radius 3 is 2.38 bits per heavy atom. The van der Waals surface area contributed by atoms with Crippen LogP contribution in [0, 0.1) is 0 Å². The molecule has 2 N–H and O–H groups in total. The zero-order valence-corrected chi connectivity index (χ0v) is 11.9. The highest BCUT2D eigenvalue weighted by Gasteiger charge is 2.15. The van der Waals surface area contributed by atoms with Crippen LogP contribution in [-0.4, -0.2) is 32.0 Å². The number of hydrogen-bond acceptors (Lipinski definition) is 4. The molecule has 0 bridgehead atoms. The maximum atomic E-state index is 11.3. The fraction of sp³-hybridized carbons (Fsp3) is 0.875. The monoisotopic (exact) mass is 316 g/mol. The molecule has 8 heteroatoms. The number of nitrogens with one attached hydrogen (secondary N) is 2. The molecular weight excluding hydrogens is 300 g/mol. The first-order valence-electron chi connectivity index (χ1n) is 4.85. The molecule has 0 aliphatic carbocycles. The van der Waals surface area contributed by atoms with Gasteiger partial charge in [0.05, 0.1) is 6.10 Å². The minimum Gasteiger partial charge on any atom is -0.446 e. The number of amides is 1. The van der Waals surface area contributed by atoms with Crippen molar-refractivity contribution in [2.45, 2.75) is 38.1 Å². The summed E-state index contributed by atoms with van der Waals surface area (Å²) in [5.74, 6) is 0. The van der Waals surface area contributed by atoms with Crippen LogP contribution in [0.3, 0.4) is 0 Å². The Kier molecular flexibility index (Phi) is 6.93. The standard InChI is InChI=1S/C8H17BrN2O4S/c1-6(2)15-8(12)11-16(13,14)10-5-4-7(3)9/h6-7,10H,4-5H2,1-3H3,(H,11,12). The lowest BCUT2D eigenvalue weighted by Gasteiger charge is -2.11. The molecule has 0 radical (unpaired) electrons. The highest BCUT2D eigenvalue weighted by Crippen LogP contribution is 2.01. The van der Waals surface area contributed by atoms with Crippen molar-refractivity contribution in [3.8, 4) is 0 Å². The highest BCUT2D eigenvalue weighted by molar-refractivity contribution is 9.09. The predicted molar refractivity (Wildman–Crippen MR) is 64.7 cm³/mol. The van der Waals surface area contributed by atoms with Gasteiger partial charge in [-0.05, 0) is 20.3 Å². The molecule has 0 aliphatic heterocycles. The first-order chi connectivity index (χ1) is 7.23. The molecule has 96 valence electrons. The van der Waals surface area contributed by atoms with Crippen LogP contribution in [0.1, 0.15) is 27.2 Å². The van der Waals surface area contributed by atoms with Crippen molar-refractivity contribution >= 4 is 32.2 Å². The summed E-state index contributed by atoms with van der Waals surface area (Å²) in [5.41, 5.74) is 0. The van der Waals surface area contributed by atoms with E-state index < -0.39 is 16.3 Å². The van der Waals surface area contributed by atoms with Crippen LogP contribution in [0.4, 0.5) is 4.79 Å². The van der Waals surface area contributed by atoms with Crippen molar-refractivity contribution in [2.75, 3.05) is 6.54 Å². The highest BCUT2D eigenvalue weighted by atomic mass is 79.9. The zero-order valence-electron chi connectivity index (χ0n) is 9.49. The Labute approximate surface area is 104 Å². The summed E-state index contributed by atoms with van der Waals surface area (Å²) in [5, 5.41) is 0. The molecule has 1 amide bonds. The van der Waals surface area contributed by atoms with Gasteiger partial charge in [0.2, 0.25) is 0 Å². The summed E-state index contributed by atoms with van der Waals surface area (Å²) < 4.78 is 31.1. The zero-order chi connectivity index (χ0) is 12.8. The second-order valence-corrected chi connectivity index (χ2v) is 6.59. The van der Waals surface area contributed by atoms with Gasteiger partial charge in [0, 0.05) is 11.4 Å². The molecule has 0 aromatic heterocycles. The number of ether oxygens (including phenoxy) is 1. The van der Waals surface area contributed by atoms with Crippen molar-refractivity contribution in [3.63, 3.8) is 0 Å². The Balaban J connectivity index is 4.00. The van der Waals surface area contributed by atoms with E-state index >= 15 is 0 Å². The van der Waals surface area contributed by atoms with Crippen LogP contribution in [0.25, 0.3) is 0 Å². The number of halogens is 1. The lowest BCUT2D eigenvalue weighted by Crippen LogP contribution is -2.41. The molecule has 6 nitrogen and oxygen atoms in total. The van der Waals surface area contributed by atoms with Gasteiger partial charge < -0.3 is 4.74 Å². The summed E-state index contributed by atoms with van der Waals surface area (Å²) >= 11 is 3.28. The van der Waals surface area contributed by atoms with Gasteiger partial charge in [-0.25, -0.2) is 9.52 Å². The van der Waals surface area contributed by atoms with E-state index in [0.29, 0.717) is 6.42 Å². The third-order valence-electron chi connectivity index (χ3n) is 1.39. The van der Waals surface area contributed by atoms with Crippen LogP contribution in [0.2, 0.25) is 0 Å². The smallest absolute Gasteiger partial charge is 0.422 e. The Hall–Kier alpha value is -0.340. The number of rotatable bonds is 6. The van der Waals surface area contributed by atoms with Crippen molar-refractivity contribution in [1.29, 1.82) is 0 Å². The van der Waals surface area contributed by atoms with E-state index in [-0.39, 0.29) is 17.5 Å². The second kappa shape index (κ2) is 7.08. The molecule has 0 rings (SSSR count). The number of hydrogen-bond donors (Lipinski definition) is 2. The van der Waals surface area contributed by atoms with Crippen molar-refractivity contribution in [2.24, 2.45) is 0 Å². The molecule has 0 heterocycles. The normalized spacial score (nSPS) is 13.6. The number of alkyl halides is 1. The maximum absolute atomic E-state index is 11.3. The molecule has 1 atom stereocenters. The van der Waals surface area contributed by atoms with E-state index in [4.69, 9.17) is 0 Å². The minimum absolute atomic E-state index is 0.206. The van der Waals surface area contributed by atoms with Crippen LogP contribution < -0.4 is 9.44 Å². The SMILES string of the molecule is CC(Br)CCNS(=O)(=O)NC(=O)OC(C)C. The molecule has 0 saturated carbocycles. The molecule has 0 saturated heterocycles. The topological polar surface area (TPSA) is 84.5 Å². The van der Waals surface area contributed by atoms with Crippen molar-refractivity contribution in [1.82, 2.24) is 9.44 Å². The Morgan fingerprint density at radius 1 is 1.38 bits per heavy atom. The quantitative estimate of drug-likeness (QED) is 0.719. The molecular formula is C8H17BrN2O4S. The third-order valence-corrected chi connectivity index (χ3v) is 2.87. The molecule has 0 aliphatic rings. The van der Waals surface area contributed by atoms with Gasteiger partial charge in [-0.3, -0.25) is 0 Å². The first kappa shape index (κ1) is 15.7. The first-order valence-corrected chi connectivity index (χ1v) is 7.25. The Bertz CT molecular complexity index is 316. The third kappa shape index (κ3) is 8.93. The van der Waals surface area contributed by atoms with E-state index in [1.165, 1.54) is 0 Å². The van der Waals surface area contributed by atoms with Gasteiger partial charge in [-0.2, -0.15) is 13.1 Å². The molecule has 0 aromatic carbocycles. The van der Waals surface area contributed by atoms with E-state index in [1.807, 2.05) is 6.92 Å².